The Hall–Kier alpha value is -3.45. The molecule has 0 bridgehead atoms. The molecule has 1 aromatic carbocycles. The first kappa shape index (κ1) is 16.5. The van der Waals surface area contributed by atoms with Crippen molar-refractivity contribution < 1.29 is 4.74 Å². The first-order chi connectivity index (χ1) is 14.3. The molecule has 0 saturated carbocycles. The van der Waals surface area contributed by atoms with Crippen LogP contribution in [0, 0.1) is 0 Å². The summed E-state index contributed by atoms with van der Waals surface area (Å²) in [4.78, 5) is 24.9. The molecule has 0 aliphatic heterocycles. The number of aryl methyl sites for hydroxylation is 2. The van der Waals surface area contributed by atoms with E-state index in [-0.39, 0.29) is 0 Å². The number of ether oxygens (including phenoxy) is 1. The van der Waals surface area contributed by atoms with Gasteiger partial charge in [0.05, 0.1) is 16.4 Å². The molecule has 0 radical (unpaired) electrons. The fourth-order valence-corrected chi connectivity index (χ4v) is 5.03. The number of thiophene rings is 1. The molecule has 0 saturated heterocycles. The van der Waals surface area contributed by atoms with E-state index in [1.807, 2.05) is 30.3 Å². The van der Waals surface area contributed by atoms with Gasteiger partial charge in [-0.25, -0.2) is 4.98 Å². The summed E-state index contributed by atoms with van der Waals surface area (Å²) in [7, 11) is 0. The first-order valence-corrected chi connectivity index (χ1v) is 10.3. The summed E-state index contributed by atoms with van der Waals surface area (Å²) >= 11 is 1.75. The van der Waals surface area contributed by atoms with Crippen LogP contribution in [0.2, 0.25) is 0 Å². The summed E-state index contributed by atoms with van der Waals surface area (Å²) < 4.78 is 6.31. The molecule has 140 valence electrons. The number of rotatable bonds is 3. The van der Waals surface area contributed by atoms with E-state index in [1.54, 1.807) is 36.1 Å². The van der Waals surface area contributed by atoms with E-state index >= 15 is 0 Å². The summed E-state index contributed by atoms with van der Waals surface area (Å²) in [5, 5.41) is 1.04. The monoisotopic (exact) mass is 397 g/mol. The standard InChI is InChI=1S/C22H15N5OS/c1-4-15-18(5-1)29-22-19(15)21(26-20(27-22)13-3-2-8-23-12-13)28-14-6-7-16-17(11-14)25-10-9-24-16/h2-3,6-12H,1,4-5H2. The predicted molar refractivity (Wildman–Crippen MR) is 112 cm³/mol. The van der Waals surface area contributed by atoms with E-state index < -0.39 is 0 Å². The van der Waals surface area contributed by atoms with Crippen LogP contribution in [0.3, 0.4) is 0 Å². The third-order valence-corrected chi connectivity index (χ3v) is 6.29. The minimum absolute atomic E-state index is 0.594. The zero-order valence-corrected chi connectivity index (χ0v) is 16.2. The molecule has 1 aliphatic rings. The Morgan fingerprint density at radius 1 is 0.931 bits per heavy atom. The summed E-state index contributed by atoms with van der Waals surface area (Å²) in [6, 6.07) is 9.56. The molecule has 0 amide bonds. The van der Waals surface area contributed by atoms with Crippen molar-refractivity contribution >= 4 is 32.6 Å². The second kappa shape index (κ2) is 6.56. The number of fused-ring (bicyclic) bond motifs is 4. The highest BCUT2D eigenvalue weighted by Crippen LogP contribution is 2.42. The molecule has 4 aromatic heterocycles. The Morgan fingerprint density at radius 3 is 2.76 bits per heavy atom. The van der Waals surface area contributed by atoms with Crippen molar-refractivity contribution in [2.45, 2.75) is 19.3 Å². The van der Waals surface area contributed by atoms with Gasteiger partial charge in [-0.15, -0.1) is 11.3 Å². The van der Waals surface area contributed by atoms with E-state index in [9.17, 15) is 0 Å². The molecule has 5 aromatic rings. The smallest absolute Gasteiger partial charge is 0.231 e. The molecular weight excluding hydrogens is 382 g/mol. The molecule has 0 atom stereocenters. The Kier molecular flexibility index (Phi) is 3.73. The van der Waals surface area contributed by atoms with Gasteiger partial charge >= 0.3 is 0 Å². The van der Waals surface area contributed by atoms with E-state index in [1.165, 1.54) is 16.9 Å². The average molecular weight is 397 g/mol. The zero-order chi connectivity index (χ0) is 19.2. The maximum atomic E-state index is 6.31. The van der Waals surface area contributed by atoms with Gasteiger partial charge in [0.1, 0.15) is 10.6 Å². The van der Waals surface area contributed by atoms with Crippen molar-refractivity contribution in [2.75, 3.05) is 0 Å². The van der Waals surface area contributed by atoms with Gasteiger partial charge in [0, 0.05) is 41.3 Å². The maximum Gasteiger partial charge on any atom is 0.231 e. The van der Waals surface area contributed by atoms with Crippen molar-refractivity contribution in [3.8, 4) is 23.0 Å². The van der Waals surface area contributed by atoms with E-state index in [0.717, 1.165) is 39.7 Å². The first-order valence-electron chi connectivity index (χ1n) is 9.46. The molecule has 1 aliphatic carbocycles. The highest BCUT2D eigenvalue weighted by atomic mass is 32.1. The Morgan fingerprint density at radius 2 is 1.86 bits per heavy atom. The van der Waals surface area contributed by atoms with E-state index in [2.05, 4.69) is 15.0 Å². The van der Waals surface area contributed by atoms with Gasteiger partial charge in [-0.2, -0.15) is 4.98 Å². The Bertz CT molecular complexity index is 1370. The van der Waals surface area contributed by atoms with Gasteiger partial charge in [-0.05, 0) is 49.1 Å². The summed E-state index contributed by atoms with van der Waals surface area (Å²) in [5.74, 6) is 1.91. The van der Waals surface area contributed by atoms with E-state index in [0.29, 0.717) is 17.5 Å². The summed E-state index contributed by atoms with van der Waals surface area (Å²) in [6.07, 6.45) is 10.2. The van der Waals surface area contributed by atoms with Crippen molar-refractivity contribution in [3.05, 3.63) is 65.6 Å². The quantitative estimate of drug-likeness (QED) is 0.428. The second-order valence-electron chi connectivity index (χ2n) is 6.94. The third kappa shape index (κ3) is 2.82. The molecular formula is C22H15N5OS. The summed E-state index contributed by atoms with van der Waals surface area (Å²) in [5.41, 5.74) is 3.83. The molecule has 0 unspecified atom stereocenters. The minimum atomic E-state index is 0.594. The molecule has 6 rings (SSSR count). The molecule has 7 heteroatoms. The highest BCUT2D eigenvalue weighted by Gasteiger charge is 2.24. The highest BCUT2D eigenvalue weighted by molar-refractivity contribution is 7.19. The van der Waals surface area contributed by atoms with Crippen molar-refractivity contribution in [3.63, 3.8) is 0 Å². The number of pyridine rings is 1. The van der Waals surface area contributed by atoms with Crippen LogP contribution >= 0.6 is 11.3 Å². The van der Waals surface area contributed by atoms with Gasteiger partial charge in [0.2, 0.25) is 5.88 Å². The van der Waals surface area contributed by atoms with Crippen LogP contribution in [0.25, 0.3) is 32.6 Å². The van der Waals surface area contributed by atoms with Crippen LogP contribution in [0.15, 0.2) is 55.1 Å². The second-order valence-corrected chi connectivity index (χ2v) is 8.02. The van der Waals surface area contributed by atoms with E-state index in [4.69, 9.17) is 14.7 Å². The van der Waals surface area contributed by atoms with Gasteiger partial charge < -0.3 is 4.74 Å². The predicted octanol–water partition coefficient (Wildman–Crippen LogP) is 4.98. The van der Waals surface area contributed by atoms with Crippen LogP contribution in [0.5, 0.6) is 11.6 Å². The van der Waals surface area contributed by atoms with Crippen LogP contribution < -0.4 is 4.74 Å². The minimum Gasteiger partial charge on any atom is -0.438 e. The SMILES string of the molecule is c1cncc(-c2nc(Oc3ccc4nccnc4c3)c3c4c(sc3n2)CCC4)c1. The topological polar surface area (TPSA) is 73.7 Å². The zero-order valence-electron chi connectivity index (χ0n) is 15.4. The summed E-state index contributed by atoms with van der Waals surface area (Å²) in [6.45, 7) is 0. The average Bonchev–Trinajstić information content (AvgIpc) is 3.35. The number of hydrogen-bond acceptors (Lipinski definition) is 7. The number of hydrogen-bond donors (Lipinski definition) is 0. The molecule has 0 spiro atoms. The molecule has 4 heterocycles. The Balaban J connectivity index is 1.53. The van der Waals surface area contributed by atoms with Crippen LogP contribution in [0.1, 0.15) is 16.9 Å². The van der Waals surface area contributed by atoms with Gasteiger partial charge in [0.15, 0.2) is 5.82 Å². The van der Waals surface area contributed by atoms with Gasteiger partial charge in [0.25, 0.3) is 0 Å². The Labute approximate surface area is 170 Å². The third-order valence-electron chi connectivity index (χ3n) is 5.11. The number of aromatic nitrogens is 5. The van der Waals surface area contributed by atoms with Crippen LogP contribution in [-0.2, 0) is 12.8 Å². The molecule has 0 N–H and O–H groups in total. The molecule has 29 heavy (non-hydrogen) atoms. The lowest BCUT2D eigenvalue weighted by molar-refractivity contribution is 0.469. The van der Waals surface area contributed by atoms with Gasteiger partial charge in [-0.1, -0.05) is 0 Å². The lowest BCUT2D eigenvalue weighted by atomic mass is 10.2. The van der Waals surface area contributed by atoms with Crippen LogP contribution in [-0.4, -0.2) is 24.9 Å². The lowest BCUT2D eigenvalue weighted by Crippen LogP contribution is -1.96. The normalized spacial score (nSPS) is 13.1. The van der Waals surface area contributed by atoms with Crippen molar-refractivity contribution in [1.82, 2.24) is 24.9 Å². The maximum absolute atomic E-state index is 6.31. The fraction of sp³-hybridized carbons (Fsp3) is 0.136. The fourth-order valence-electron chi connectivity index (χ4n) is 3.78. The van der Waals surface area contributed by atoms with Crippen molar-refractivity contribution in [2.24, 2.45) is 0 Å². The molecule has 6 nitrogen and oxygen atoms in total. The molecule has 0 fully saturated rings. The van der Waals surface area contributed by atoms with Crippen LogP contribution in [0.4, 0.5) is 0 Å². The number of benzene rings is 1. The largest absolute Gasteiger partial charge is 0.438 e. The van der Waals surface area contributed by atoms with Gasteiger partial charge in [-0.3, -0.25) is 15.0 Å². The lowest BCUT2D eigenvalue weighted by Gasteiger charge is -2.10. The van der Waals surface area contributed by atoms with Crippen molar-refractivity contribution in [1.29, 1.82) is 0 Å². The number of nitrogens with zero attached hydrogens (tertiary/aromatic N) is 5.